The molecule has 1 aromatic carbocycles. The Morgan fingerprint density at radius 2 is 2.05 bits per heavy atom. The van der Waals surface area contributed by atoms with Crippen LogP contribution in [-0.2, 0) is 4.79 Å². The van der Waals surface area contributed by atoms with Crippen LogP contribution >= 0.6 is 31.9 Å². The number of aryl methyl sites for hydroxylation is 1. The second-order valence-corrected chi connectivity index (χ2v) is 6.02. The number of nitrogens with zero attached hydrogens (tertiary/aromatic N) is 1. The molecule has 0 saturated heterocycles. The van der Waals surface area contributed by atoms with Crippen molar-refractivity contribution in [1.29, 1.82) is 0 Å². The van der Waals surface area contributed by atoms with E-state index in [2.05, 4.69) is 42.2 Å². The van der Waals surface area contributed by atoms with Crippen LogP contribution in [0.3, 0.4) is 0 Å². The van der Waals surface area contributed by atoms with Gasteiger partial charge in [0, 0.05) is 20.8 Å². The van der Waals surface area contributed by atoms with Gasteiger partial charge in [0.15, 0.2) is 6.04 Å². The number of aliphatic carboxylic acids is 1. The first-order valence-corrected chi connectivity index (χ1v) is 7.43. The lowest BCUT2D eigenvalue weighted by Gasteiger charge is -2.18. The quantitative estimate of drug-likeness (QED) is 0.810. The average molecular weight is 400 g/mol. The minimum atomic E-state index is -0.983. The van der Waals surface area contributed by atoms with Crippen LogP contribution in [0, 0.1) is 6.92 Å². The van der Waals surface area contributed by atoms with Crippen molar-refractivity contribution in [2.75, 3.05) is 5.32 Å². The van der Waals surface area contributed by atoms with Gasteiger partial charge in [-0.2, -0.15) is 0 Å². The first kappa shape index (κ1) is 15.0. The fourth-order valence-corrected chi connectivity index (χ4v) is 2.99. The van der Waals surface area contributed by atoms with E-state index < -0.39 is 12.0 Å². The summed E-state index contributed by atoms with van der Waals surface area (Å²) in [4.78, 5) is 15.7. The van der Waals surface area contributed by atoms with E-state index in [1.54, 1.807) is 12.3 Å². The second kappa shape index (κ2) is 6.37. The molecule has 6 heteroatoms. The third kappa shape index (κ3) is 3.37. The molecule has 0 aliphatic rings. The first-order valence-electron chi connectivity index (χ1n) is 5.85. The third-order valence-electron chi connectivity index (χ3n) is 2.80. The maximum atomic E-state index is 11.5. The summed E-state index contributed by atoms with van der Waals surface area (Å²) in [5.74, 6) is -0.983. The topological polar surface area (TPSA) is 62.2 Å². The lowest BCUT2D eigenvalue weighted by Crippen LogP contribution is -2.22. The molecule has 0 aliphatic heterocycles. The number of para-hydroxylation sites is 1. The normalized spacial score (nSPS) is 11.9. The van der Waals surface area contributed by atoms with Crippen LogP contribution in [-0.4, -0.2) is 16.1 Å². The number of hydrogen-bond acceptors (Lipinski definition) is 3. The van der Waals surface area contributed by atoms with Gasteiger partial charge in [-0.25, -0.2) is 4.79 Å². The van der Waals surface area contributed by atoms with Crippen LogP contribution in [0.2, 0.25) is 0 Å². The summed E-state index contributed by atoms with van der Waals surface area (Å²) >= 11 is 6.65. The van der Waals surface area contributed by atoms with Crippen molar-refractivity contribution in [2.45, 2.75) is 13.0 Å². The monoisotopic (exact) mass is 398 g/mol. The molecular weight excluding hydrogens is 388 g/mol. The molecule has 2 N–H and O–H groups in total. The molecule has 1 aromatic heterocycles. The Hall–Kier alpha value is -1.40. The number of carboxylic acids is 1. The number of nitrogens with one attached hydrogen (secondary N) is 1. The summed E-state index contributed by atoms with van der Waals surface area (Å²) in [7, 11) is 0. The van der Waals surface area contributed by atoms with E-state index in [0.717, 1.165) is 15.7 Å². The smallest absolute Gasteiger partial charge is 0.332 e. The van der Waals surface area contributed by atoms with E-state index in [0.29, 0.717) is 10.2 Å². The largest absolute Gasteiger partial charge is 0.479 e. The van der Waals surface area contributed by atoms with Gasteiger partial charge in [0.05, 0.1) is 5.69 Å². The Morgan fingerprint density at radius 1 is 1.35 bits per heavy atom. The molecule has 0 saturated carbocycles. The highest BCUT2D eigenvalue weighted by molar-refractivity contribution is 9.11. The zero-order valence-electron chi connectivity index (χ0n) is 10.6. The number of anilines is 1. The van der Waals surface area contributed by atoms with Gasteiger partial charge in [0.1, 0.15) is 0 Å². The van der Waals surface area contributed by atoms with Gasteiger partial charge >= 0.3 is 5.97 Å². The van der Waals surface area contributed by atoms with E-state index in [1.165, 1.54) is 0 Å². The predicted octanol–water partition coefficient (Wildman–Crippen LogP) is 4.15. The van der Waals surface area contributed by atoms with Gasteiger partial charge in [0.25, 0.3) is 0 Å². The number of hydrogen-bond donors (Lipinski definition) is 2. The minimum Gasteiger partial charge on any atom is -0.479 e. The van der Waals surface area contributed by atoms with Gasteiger partial charge in [-0.15, -0.1) is 0 Å². The summed E-state index contributed by atoms with van der Waals surface area (Å²) in [5, 5.41) is 12.5. The highest BCUT2D eigenvalue weighted by Gasteiger charge is 2.24. The molecule has 0 radical (unpaired) electrons. The number of pyridine rings is 1. The number of carboxylic acid groups (broad SMARTS) is 1. The molecule has 0 amide bonds. The van der Waals surface area contributed by atoms with Crippen molar-refractivity contribution >= 4 is 43.5 Å². The molecule has 0 fully saturated rings. The standard InChI is InChI=1S/C14H12Br2N2O2/c1-8-4-2-3-5-11(8)18-13(14(19)20)12-10(16)6-9(15)7-17-12/h2-7,13,18H,1H3,(H,19,20). The lowest BCUT2D eigenvalue weighted by atomic mass is 10.1. The van der Waals surface area contributed by atoms with Crippen molar-refractivity contribution in [3.8, 4) is 0 Å². The predicted molar refractivity (Wildman–Crippen MR) is 84.8 cm³/mol. The van der Waals surface area contributed by atoms with Crippen molar-refractivity contribution in [2.24, 2.45) is 0 Å². The van der Waals surface area contributed by atoms with E-state index in [4.69, 9.17) is 0 Å². The Morgan fingerprint density at radius 3 is 2.65 bits per heavy atom. The van der Waals surface area contributed by atoms with Crippen LogP contribution in [0.25, 0.3) is 0 Å². The van der Waals surface area contributed by atoms with Gasteiger partial charge in [-0.1, -0.05) is 18.2 Å². The average Bonchev–Trinajstić information content (AvgIpc) is 2.38. The number of rotatable bonds is 4. The van der Waals surface area contributed by atoms with Crippen LogP contribution in [0.15, 0.2) is 45.5 Å². The third-order valence-corrected chi connectivity index (χ3v) is 3.87. The maximum absolute atomic E-state index is 11.5. The van der Waals surface area contributed by atoms with E-state index in [9.17, 15) is 9.90 Å². The molecule has 0 spiro atoms. The molecule has 1 unspecified atom stereocenters. The molecule has 4 nitrogen and oxygen atoms in total. The Labute approximate surface area is 133 Å². The van der Waals surface area contributed by atoms with E-state index in [-0.39, 0.29) is 0 Å². The van der Waals surface area contributed by atoms with Crippen LogP contribution in [0.1, 0.15) is 17.3 Å². The van der Waals surface area contributed by atoms with Crippen molar-refractivity contribution < 1.29 is 9.90 Å². The SMILES string of the molecule is Cc1ccccc1NC(C(=O)O)c1ncc(Br)cc1Br. The maximum Gasteiger partial charge on any atom is 0.332 e. The second-order valence-electron chi connectivity index (χ2n) is 4.25. The highest BCUT2D eigenvalue weighted by Crippen LogP contribution is 2.28. The summed E-state index contributed by atoms with van der Waals surface area (Å²) in [6, 6.07) is 8.39. The molecule has 2 rings (SSSR count). The Balaban J connectivity index is 2.37. The summed E-state index contributed by atoms with van der Waals surface area (Å²) in [5.41, 5.74) is 2.19. The molecule has 0 aliphatic carbocycles. The number of aromatic nitrogens is 1. The van der Waals surface area contributed by atoms with Gasteiger partial charge in [-0.3, -0.25) is 4.98 Å². The van der Waals surface area contributed by atoms with E-state index >= 15 is 0 Å². The molecule has 0 bridgehead atoms. The Bertz CT molecular complexity index is 647. The number of halogens is 2. The summed E-state index contributed by atoms with van der Waals surface area (Å²) < 4.78 is 1.42. The fourth-order valence-electron chi connectivity index (χ4n) is 1.77. The minimum absolute atomic E-state index is 0.434. The van der Waals surface area contributed by atoms with Crippen LogP contribution < -0.4 is 5.32 Å². The van der Waals surface area contributed by atoms with Gasteiger partial charge < -0.3 is 10.4 Å². The van der Waals surface area contributed by atoms with Crippen LogP contribution in [0.5, 0.6) is 0 Å². The number of benzene rings is 1. The molecule has 2 aromatic rings. The summed E-state index contributed by atoms with van der Waals surface area (Å²) in [6.45, 7) is 1.92. The molecule has 104 valence electrons. The van der Waals surface area contributed by atoms with Crippen LogP contribution in [0.4, 0.5) is 5.69 Å². The Kier molecular flexibility index (Phi) is 4.77. The highest BCUT2D eigenvalue weighted by atomic mass is 79.9. The first-order chi connectivity index (χ1) is 9.49. The van der Waals surface area contributed by atoms with Crippen molar-refractivity contribution in [3.05, 3.63) is 56.7 Å². The van der Waals surface area contributed by atoms with Gasteiger partial charge in [0.2, 0.25) is 0 Å². The molecule has 20 heavy (non-hydrogen) atoms. The number of carbonyl (C=O) groups is 1. The van der Waals surface area contributed by atoms with E-state index in [1.807, 2.05) is 31.2 Å². The van der Waals surface area contributed by atoms with Crippen molar-refractivity contribution in [1.82, 2.24) is 4.98 Å². The van der Waals surface area contributed by atoms with Crippen molar-refractivity contribution in [3.63, 3.8) is 0 Å². The zero-order chi connectivity index (χ0) is 14.7. The van der Waals surface area contributed by atoms with Gasteiger partial charge in [-0.05, 0) is 56.5 Å². The molecule has 1 atom stereocenters. The summed E-state index contributed by atoms with van der Waals surface area (Å²) in [6.07, 6.45) is 1.58. The molecule has 1 heterocycles. The lowest BCUT2D eigenvalue weighted by molar-refractivity contribution is -0.138. The molecular formula is C14H12Br2N2O2. The zero-order valence-corrected chi connectivity index (χ0v) is 13.8. The fraction of sp³-hybridized carbons (Fsp3) is 0.143.